The lowest BCUT2D eigenvalue weighted by atomic mass is 9.99. The van der Waals surface area contributed by atoms with Crippen molar-refractivity contribution >= 4 is 0 Å². The molecule has 0 unspecified atom stereocenters. The van der Waals surface area contributed by atoms with E-state index in [-0.39, 0.29) is 0 Å². The summed E-state index contributed by atoms with van der Waals surface area (Å²) in [5.41, 5.74) is 1.21. The predicted molar refractivity (Wildman–Crippen MR) is 86.9 cm³/mol. The van der Waals surface area contributed by atoms with Crippen LogP contribution in [0.4, 0.5) is 0 Å². The molecule has 0 bridgehead atoms. The Kier molecular flexibility index (Phi) is 6.07. The second-order valence-corrected chi connectivity index (χ2v) is 6.64. The Morgan fingerprint density at radius 2 is 1.90 bits per heavy atom. The molecule has 0 saturated carbocycles. The van der Waals surface area contributed by atoms with Gasteiger partial charge in [-0.05, 0) is 49.4 Å². The van der Waals surface area contributed by atoms with Gasteiger partial charge in [0.15, 0.2) is 0 Å². The van der Waals surface area contributed by atoms with Crippen LogP contribution in [0.15, 0.2) is 24.3 Å². The molecule has 1 N–H and O–H groups in total. The van der Waals surface area contributed by atoms with Gasteiger partial charge in [-0.2, -0.15) is 0 Å². The number of hydrogen-bond acceptors (Lipinski definition) is 3. The van der Waals surface area contributed by atoms with E-state index in [1.807, 2.05) is 18.2 Å². The molecule has 1 heterocycles. The molecule has 1 fully saturated rings. The van der Waals surface area contributed by atoms with E-state index in [1.54, 1.807) is 0 Å². The van der Waals surface area contributed by atoms with Gasteiger partial charge >= 0.3 is 0 Å². The van der Waals surface area contributed by atoms with Crippen molar-refractivity contribution in [2.24, 2.45) is 5.92 Å². The number of para-hydroxylation sites is 1. The summed E-state index contributed by atoms with van der Waals surface area (Å²) in [6.07, 6.45) is 2.06. The second-order valence-electron chi connectivity index (χ2n) is 6.64. The van der Waals surface area contributed by atoms with Crippen LogP contribution in [0.5, 0.6) is 5.75 Å². The van der Waals surface area contributed by atoms with E-state index in [4.69, 9.17) is 4.74 Å². The summed E-state index contributed by atoms with van der Waals surface area (Å²) in [7, 11) is 0. The van der Waals surface area contributed by atoms with Crippen molar-refractivity contribution < 1.29 is 9.84 Å². The number of piperidine rings is 1. The van der Waals surface area contributed by atoms with Crippen LogP contribution in [0.1, 0.15) is 45.1 Å². The lowest BCUT2D eigenvalue weighted by Gasteiger charge is -2.31. The minimum absolute atomic E-state index is 0.371. The number of aliphatic hydroxyl groups excluding tert-OH is 1. The van der Waals surface area contributed by atoms with Gasteiger partial charge in [-0.1, -0.05) is 39.0 Å². The maximum atomic E-state index is 10.2. The van der Waals surface area contributed by atoms with Gasteiger partial charge in [0.25, 0.3) is 0 Å². The first kappa shape index (κ1) is 16.3. The van der Waals surface area contributed by atoms with Crippen molar-refractivity contribution in [2.75, 3.05) is 26.2 Å². The van der Waals surface area contributed by atoms with E-state index < -0.39 is 6.10 Å². The smallest absolute Gasteiger partial charge is 0.122 e. The SMILES string of the molecule is CC1CCN(C[C@H](O)COc2ccccc2C(C)C)CC1. The number of aliphatic hydroxyl groups is 1. The Balaban J connectivity index is 1.80. The van der Waals surface area contributed by atoms with Crippen molar-refractivity contribution in [2.45, 2.75) is 45.6 Å². The molecule has 118 valence electrons. The molecule has 1 atom stereocenters. The second kappa shape index (κ2) is 7.81. The van der Waals surface area contributed by atoms with Crippen LogP contribution in [-0.4, -0.2) is 42.4 Å². The highest BCUT2D eigenvalue weighted by molar-refractivity contribution is 5.35. The number of benzene rings is 1. The van der Waals surface area contributed by atoms with Crippen molar-refractivity contribution in [1.82, 2.24) is 4.90 Å². The van der Waals surface area contributed by atoms with Crippen molar-refractivity contribution in [3.05, 3.63) is 29.8 Å². The molecule has 3 nitrogen and oxygen atoms in total. The summed E-state index contributed by atoms with van der Waals surface area (Å²) in [5.74, 6) is 2.16. The molecule has 0 aliphatic carbocycles. The monoisotopic (exact) mass is 291 g/mol. The third-order valence-corrected chi connectivity index (χ3v) is 4.32. The van der Waals surface area contributed by atoms with Gasteiger partial charge in [0, 0.05) is 6.54 Å². The number of hydrogen-bond donors (Lipinski definition) is 1. The predicted octanol–water partition coefficient (Wildman–Crippen LogP) is 3.28. The van der Waals surface area contributed by atoms with Crippen LogP contribution in [0.2, 0.25) is 0 Å². The number of rotatable bonds is 6. The van der Waals surface area contributed by atoms with Crippen LogP contribution in [-0.2, 0) is 0 Å². The minimum atomic E-state index is -0.418. The van der Waals surface area contributed by atoms with Crippen LogP contribution < -0.4 is 4.74 Å². The van der Waals surface area contributed by atoms with E-state index >= 15 is 0 Å². The summed E-state index contributed by atoms with van der Waals surface area (Å²) in [5, 5.41) is 10.2. The highest BCUT2D eigenvalue weighted by Gasteiger charge is 2.19. The fourth-order valence-electron chi connectivity index (χ4n) is 2.87. The molecule has 0 spiro atoms. The number of β-amino-alcohol motifs (C(OH)–C–C–N with tert-alkyl or cyclic N) is 1. The van der Waals surface area contributed by atoms with E-state index in [0.29, 0.717) is 12.5 Å². The van der Waals surface area contributed by atoms with Gasteiger partial charge < -0.3 is 14.7 Å². The lowest BCUT2D eigenvalue weighted by Crippen LogP contribution is -2.40. The summed E-state index contributed by atoms with van der Waals surface area (Å²) < 4.78 is 5.85. The molecule has 21 heavy (non-hydrogen) atoms. The first-order valence-corrected chi connectivity index (χ1v) is 8.18. The summed E-state index contributed by atoms with van der Waals surface area (Å²) in [4.78, 5) is 2.35. The molecule has 0 radical (unpaired) electrons. The minimum Gasteiger partial charge on any atom is -0.491 e. The molecule has 3 heteroatoms. The maximum absolute atomic E-state index is 10.2. The Morgan fingerprint density at radius 3 is 2.57 bits per heavy atom. The number of likely N-dealkylation sites (tertiary alicyclic amines) is 1. The summed E-state index contributed by atoms with van der Waals surface area (Å²) in [6, 6.07) is 8.11. The fraction of sp³-hybridized carbons (Fsp3) is 0.667. The molecule has 0 aromatic heterocycles. The van der Waals surface area contributed by atoms with Crippen molar-refractivity contribution in [1.29, 1.82) is 0 Å². The Hall–Kier alpha value is -1.06. The maximum Gasteiger partial charge on any atom is 0.122 e. The lowest BCUT2D eigenvalue weighted by molar-refractivity contribution is 0.0559. The van der Waals surface area contributed by atoms with Crippen LogP contribution in [0.3, 0.4) is 0 Å². The normalized spacial score (nSPS) is 18.9. The van der Waals surface area contributed by atoms with Gasteiger partial charge in [0.05, 0.1) is 0 Å². The van der Waals surface area contributed by atoms with Gasteiger partial charge in [-0.15, -0.1) is 0 Å². The molecule has 1 saturated heterocycles. The van der Waals surface area contributed by atoms with Crippen LogP contribution in [0.25, 0.3) is 0 Å². The third kappa shape index (κ3) is 5.01. The Labute approximate surface area is 128 Å². The molecule has 1 aliphatic rings. The number of ether oxygens (including phenoxy) is 1. The Bertz CT molecular complexity index is 425. The van der Waals surface area contributed by atoms with E-state index in [2.05, 4.69) is 31.7 Å². The Morgan fingerprint density at radius 1 is 1.24 bits per heavy atom. The molecule has 2 rings (SSSR count). The zero-order valence-electron chi connectivity index (χ0n) is 13.6. The summed E-state index contributed by atoms with van der Waals surface area (Å²) in [6.45, 7) is 9.91. The highest BCUT2D eigenvalue weighted by atomic mass is 16.5. The molecule has 1 aromatic rings. The van der Waals surface area contributed by atoms with E-state index in [1.165, 1.54) is 18.4 Å². The quantitative estimate of drug-likeness (QED) is 0.873. The highest BCUT2D eigenvalue weighted by Crippen LogP contribution is 2.26. The van der Waals surface area contributed by atoms with E-state index in [0.717, 1.165) is 31.3 Å². The average molecular weight is 291 g/mol. The topological polar surface area (TPSA) is 32.7 Å². The molecule has 1 aliphatic heterocycles. The standard InChI is InChI=1S/C18H29NO2/c1-14(2)17-6-4-5-7-18(17)21-13-16(20)12-19-10-8-15(3)9-11-19/h4-7,14-16,20H,8-13H2,1-3H3/t16-/m0/s1. The average Bonchev–Trinajstić information content (AvgIpc) is 2.48. The molecular formula is C18H29NO2. The fourth-order valence-corrected chi connectivity index (χ4v) is 2.87. The van der Waals surface area contributed by atoms with Gasteiger partial charge in [0.1, 0.15) is 18.5 Å². The summed E-state index contributed by atoms with van der Waals surface area (Å²) >= 11 is 0. The molecular weight excluding hydrogens is 262 g/mol. The first-order chi connectivity index (χ1) is 10.1. The van der Waals surface area contributed by atoms with Gasteiger partial charge in [0.2, 0.25) is 0 Å². The molecule has 1 aromatic carbocycles. The largest absolute Gasteiger partial charge is 0.491 e. The zero-order valence-corrected chi connectivity index (χ0v) is 13.6. The van der Waals surface area contributed by atoms with E-state index in [9.17, 15) is 5.11 Å². The van der Waals surface area contributed by atoms with Gasteiger partial charge in [-0.25, -0.2) is 0 Å². The zero-order chi connectivity index (χ0) is 15.2. The van der Waals surface area contributed by atoms with Crippen LogP contribution >= 0.6 is 0 Å². The molecule has 0 amide bonds. The van der Waals surface area contributed by atoms with Gasteiger partial charge in [-0.3, -0.25) is 0 Å². The van der Waals surface area contributed by atoms with Crippen molar-refractivity contribution in [3.63, 3.8) is 0 Å². The third-order valence-electron chi connectivity index (χ3n) is 4.32. The van der Waals surface area contributed by atoms with Crippen molar-refractivity contribution in [3.8, 4) is 5.75 Å². The number of nitrogens with zero attached hydrogens (tertiary/aromatic N) is 1. The first-order valence-electron chi connectivity index (χ1n) is 8.18. The van der Waals surface area contributed by atoms with Crippen LogP contribution in [0, 0.1) is 5.92 Å².